The van der Waals surface area contributed by atoms with Gasteiger partial charge in [-0.2, -0.15) is 0 Å². The number of benzene rings is 2. The summed E-state index contributed by atoms with van der Waals surface area (Å²) in [6.07, 6.45) is 0. The number of aromatic nitrogens is 1. The van der Waals surface area contributed by atoms with E-state index in [1.165, 1.54) is 6.07 Å². The molecule has 0 atom stereocenters. The predicted octanol–water partition coefficient (Wildman–Crippen LogP) is 4.15. The van der Waals surface area contributed by atoms with Crippen molar-refractivity contribution in [3.05, 3.63) is 65.2 Å². The maximum Gasteiger partial charge on any atom is 0.258 e. The van der Waals surface area contributed by atoms with E-state index in [9.17, 15) is 8.42 Å². The van der Waals surface area contributed by atoms with E-state index >= 15 is 0 Å². The molecule has 136 valence electrons. The fourth-order valence-corrected chi connectivity index (χ4v) is 3.98. The smallest absolute Gasteiger partial charge is 0.258 e. The van der Waals surface area contributed by atoms with E-state index in [4.69, 9.17) is 16.3 Å². The van der Waals surface area contributed by atoms with Gasteiger partial charge in [-0.3, -0.25) is 0 Å². The van der Waals surface area contributed by atoms with Crippen molar-refractivity contribution in [2.24, 2.45) is 0 Å². The Hall–Kier alpha value is -2.15. The van der Waals surface area contributed by atoms with Crippen molar-refractivity contribution in [2.75, 3.05) is 0 Å². The lowest BCUT2D eigenvalue weighted by atomic mass is 10.2. The summed E-state index contributed by atoms with van der Waals surface area (Å²) >= 11 is 6.43. The average molecular weight is 391 g/mol. The lowest BCUT2D eigenvalue weighted by Crippen LogP contribution is -2.30. The molecular weight excluding hydrogens is 372 g/mol. The van der Waals surface area contributed by atoms with E-state index < -0.39 is 10.0 Å². The fraction of sp³-hybridized carbons (Fsp3) is 0.211. The Bertz CT molecular complexity index is 1020. The van der Waals surface area contributed by atoms with E-state index in [2.05, 4.69) is 9.71 Å². The van der Waals surface area contributed by atoms with Gasteiger partial charge in [0, 0.05) is 11.4 Å². The molecule has 0 radical (unpaired) electrons. The van der Waals surface area contributed by atoms with Crippen LogP contribution < -0.4 is 9.46 Å². The molecule has 26 heavy (non-hydrogen) atoms. The molecule has 2 aromatic carbocycles. The van der Waals surface area contributed by atoms with Gasteiger partial charge in [0.1, 0.15) is 12.4 Å². The van der Waals surface area contributed by atoms with Gasteiger partial charge in [0.15, 0.2) is 5.03 Å². The number of hydrogen-bond donors (Lipinski definition) is 1. The highest BCUT2D eigenvalue weighted by Gasteiger charge is 2.18. The summed E-state index contributed by atoms with van der Waals surface area (Å²) in [7, 11) is -3.66. The second-order valence-corrected chi connectivity index (χ2v) is 8.18. The van der Waals surface area contributed by atoms with Crippen LogP contribution in [0.5, 0.6) is 5.75 Å². The molecule has 0 amide bonds. The monoisotopic (exact) mass is 390 g/mol. The first kappa shape index (κ1) is 18.6. The molecule has 0 aliphatic rings. The van der Waals surface area contributed by atoms with Gasteiger partial charge in [-0.1, -0.05) is 41.9 Å². The summed E-state index contributed by atoms with van der Waals surface area (Å²) in [6, 6.07) is 16.0. The van der Waals surface area contributed by atoms with Gasteiger partial charge in [-0.15, -0.1) is 0 Å². The van der Waals surface area contributed by atoms with Crippen molar-refractivity contribution in [1.29, 1.82) is 0 Å². The Labute approximate surface area is 158 Å². The van der Waals surface area contributed by atoms with Crippen LogP contribution in [-0.2, 0) is 16.6 Å². The number of rotatable bonds is 6. The number of halogens is 1. The maximum absolute atomic E-state index is 12.3. The molecule has 7 heteroatoms. The first-order valence-electron chi connectivity index (χ1n) is 8.15. The van der Waals surface area contributed by atoms with Gasteiger partial charge in [0.05, 0.1) is 10.5 Å². The van der Waals surface area contributed by atoms with E-state index in [1.54, 1.807) is 32.0 Å². The Morgan fingerprint density at radius 2 is 1.81 bits per heavy atom. The Morgan fingerprint density at radius 1 is 1.08 bits per heavy atom. The largest absolute Gasteiger partial charge is 0.487 e. The van der Waals surface area contributed by atoms with E-state index in [0.717, 1.165) is 5.56 Å². The zero-order valence-corrected chi connectivity index (χ0v) is 16.0. The van der Waals surface area contributed by atoms with Crippen molar-refractivity contribution in [1.82, 2.24) is 9.71 Å². The zero-order chi connectivity index (χ0) is 18.7. The standard InChI is InChI=1S/C19H19ClN2O3S/c1-13(2)22-26(23,24)18-11-8-15-16(21-18)9-10-17(19(15)20)25-12-14-6-4-3-5-7-14/h3-11,13,22H,12H2,1-2H3. The zero-order valence-electron chi connectivity index (χ0n) is 14.4. The van der Waals surface area contributed by atoms with Gasteiger partial charge < -0.3 is 4.74 Å². The summed E-state index contributed by atoms with van der Waals surface area (Å²) in [4.78, 5) is 4.23. The summed E-state index contributed by atoms with van der Waals surface area (Å²) in [6.45, 7) is 3.90. The summed E-state index contributed by atoms with van der Waals surface area (Å²) < 4.78 is 32.8. The van der Waals surface area contributed by atoms with Crippen molar-refractivity contribution >= 4 is 32.5 Å². The second-order valence-electron chi connectivity index (χ2n) is 6.14. The van der Waals surface area contributed by atoms with Crippen LogP contribution in [0.1, 0.15) is 19.4 Å². The molecule has 3 rings (SSSR count). The molecule has 0 fully saturated rings. The van der Waals surface area contributed by atoms with Crippen LogP contribution in [-0.4, -0.2) is 19.4 Å². The molecule has 0 saturated carbocycles. The lowest BCUT2D eigenvalue weighted by Gasteiger charge is -2.12. The highest BCUT2D eigenvalue weighted by molar-refractivity contribution is 7.89. The Morgan fingerprint density at radius 3 is 2.50 bits per heavy atom. The minimum Gasteiger partial charge on any atom is -0.487 e. The van der Waals surface area contributed by atoms with Gasteiger partial charge in [-0.25, -0.2) is 18.1 Å². The number of pyridine rings is 1. The van der Waals surface area contributed by atoms with Crippen molar-refractivity contribution < 1.29 is 13.2 Å². The molecular formula is C19H19ClN2O3S. The lowest BCUT2D eigenvalue weighted by molar-refractivity contribution is 0.307. The number of fused-ring (bicyclic) bond motifs is 1. The summed E-state index contributed by atoms with van der Waals surface area (Å²) in [5, 5.41) is 1.01. The summed E-state index contributed by atoms with van der Waals surface area (Å²) in [5.74, 6) is 0.528. The SMILES string of the molecule is CC(C)NS(=O)(=O)c1ccc2c(Cl)c(OCc3ccccc3)ccc2n1. The topological polar surface area (TPSA) is 68.3 Å². The Kier molecular flexibility index (Phi) is 5.46. The van der Waals surface area contributed by atoms with Gasteiger partial charge in [-0.05, 0) is 43.7 Å². The molecule has 1 aromatic heterocycles. The number of hydrogen-bond acceptors (Lipinski definition) is 4. The molecule has 0 bridgehead atoms. The van der Waals surface area contributed by atoms with E-state index in [-0.39, 0.29) is 11.1 Å². The molecule has 0 unspecified atom stereocenters. The average Bonchev–Trinajstić information content (AvgIpc) is 2.61. The molecule has 0 aliphatic heterocycles. The molecule has 1 N–H and O–H groups in total. The quantitative estimate of drug-likeness (QED) is 0.686. The van der Waals surface area contributed by atoms with Crippen molar-refractivity contribution in [3.63, 3.8) is 0 Å². The first-order chi connectivity index (χ1) is 12.4. The fourth-order valence-electron chi connectivity index (χ4n) is 2.50. The van der Waals surface area contributed by atoms with E-state index in [0.29, 0.717) is 28.3 Å². The van der Waals surface area contributed by atoms with Crippen molar-refractivity contribution in [2.45, 2.75) is 31.5 Å². The minimum absolute atomic E-state index is 0.0345. The minimum atomic E-state index is -3.66. The molecule has 5 nitrogen and oxygen atoms in total. The third-order valence-electron chi connectivity index (χ3n) is 3.65. The normalized spacial score (nSPS) is 11.8. The number of nitrogens with zero attached hydrogens (tertiary/aromatic N) is 1. The highest BCUT2D eigenvalue weighted by Crippen LogP contribution is 2.33. The number of sulfonamides is 1. The van der Waals surface area contributed by atoms with Gasteiger partial charge in [0.2, 0.25) is 0 Å². The third-order valence-corrected chi connectivity index (χ3v) is 5.60. The molecule has 0 aliphatic carbocycles. The molecule has 0 spiro atoms. The maximum atomic E-state index is 12.3. The predicted molar refractivity (Wildman–Crippen MR) is 103 cm³/mol. The van der Waals surface area contributed by atoms with Crippen LogP contribution in [0.25, 0.3) is 10.9 Å². The summed E-state index contributed by atoms with van der Waals surface area (Å²) in [5.41, 5.74) is 1.52. The third kappa shape index (κ3) is 4.15. The van der Waals surface area contributed by atoms with E-state index in [1.807, 2.05) is 30.3 Å². The molecule has 0 saturated heterocycles. The number of nitrogens with one attached hydrogen (secondary N) is 1. The van der Waals surface area contributed by atoms with Crippen LogP contribution in [0.2, 0.25) is 5.02 Å². The van der Waals surface area contributed by atoms with Crippen LogP contribution in [0, 0.1) is 0 Å². The Balaban J connectivity index is 1.89. The van der Waals surface area contributed by atoms with Crippen LogP contribution >= 0.6 is 11.6 Å². The van der Waals surface area contributed by atoms with Gasteiger partial charge in [0.25, 0.3) is 10.0 Å². The molecule has 1 heterocycles. The number of ether oxygens (including phenoxy) is 1. The van der Waals surface area contributed by atoms with Crippen LogP contribution in [0.3, 0.4) is 0 Å². The first-order valence-corrected chi connectivity index (χ1v) is 10.0. The second kappa shape index (κ2) is 7.61. The van der Waals surface area contributed by atoms with Gasteiger partial charge >= 0.3 is 0 Å². The van der Waals surface area contributed by atoms with Crippen LogP contribution in [0.4, 0.5) is 0 Å². The van der Waals surface area contributed by atoms with Crippen LogP contribution in [0.15, 0.2) is 59.6 Å². The van der Waals surface area contributed by atoms with Crippen molar-refractivity contribution in [3.8, 4) is 5.75 Å². The molecule has 3 aromatic rings. The highest BCUT2D eigenvalue weighted by atomic mass is 35.5.